The molecule has 0 aliphatic heterocycles. The van der Waals surface area contributed by atoms with Crippen LogP contribution < -0.4 is 16.0 Å². The van der Waals surface area contributed by atoms with Crippen molar-refractivity contribution < 1.29 is 4.79 Å². The number of aliphatic imine (C=N–C) groups is 1. The molecule has 1 unspecified atom stereocenters. The monoisotopic (exact) mass is 540 g/mol. The smallest absolute Gasteiger partial charge is 0.344 e. The van der Waals surface area contributed by atoms with E-state index in [4.69, 9.17) is 46.4 Å². The first kappa shape index (κ1) is 26.2. The molecule has 34 heavy (non-hydrogen) atoms. The fourth-order valence-corrected chi connectivity index (χ4v) is 4.10. The largest absolute Gasteiger partial charge is 0.347 e. The van der Waals surface area contributed by atoms with Gasteiger partial charge in [-0.05, 0) is 42.3 Å². The van der Waals surface area contributed by atoms with Crippen LogP contribution in [0.2, 0.25) is 20.1 Å². The Morgan fingerprint density at radius 2 is 1.82 bits per heavy atom. The van der Waals surface area contributed by atoms with Crippen LogP contribution in [-0.2, 0) is 6.54 Å². The van der Waals surface area contributed by atoms with Crippen LogP contribution in [0.25, 0.3) is 0 Å². The van der Waals surface area contributed by atoms with Crippen LogP contribution >= 0.6 is 46.4 Å². The van der Waals surface area contributed by atoms with Gasteiger partial charge in [-0.15, -0.1) is 0 Å². The SMILES string of the molecule is CCCCNC(=O)N=C(Nc1ccc(Cl)cc1Cl)NC(Cn1ccnc1)c1ccc(Cl)cc1Cl. The molecule has 7 nitrogen and oxygen atoms in total. The number of rotatable bonds is 8. The third-order valence-electron chi connectivity index (χ3n) is 4.81. The zero-order chi connectivity index (χ0) is 24.5. The predicted octanol–water partition coefficient (Wildman–Crippen LogP) is 6.81. The van der Waals surface area contributed by atoms with Crippen molar-refractivity contribution in [3.63, 3.8) is 0 Å². The molecule has 0 aliphatic carbocycles. The number of nitrogens with zero attached hydrogens (tertiary/aromatic N) is 3. The Bertz CT molecular complexity index is 1140. The lowest BCUT2D eigenvalue weighted by Gasteiger charge is -2.24. The van der Waals surface area contributed by atoms with E-state index in [1.165, 1.54) is 0 Å². The molecule has 0 saturated heterocycles. The van der Waals surface area contributed by atoms with Crippen LogP contribution in [-0.4, -0.2) is 28.1 Å². The second-order valence-corrected chi connectivity index (χ2v) is 9.10. The van der Waals surface area contributed by atoms with Crippen molar-refractivity contribution in [2.45, 2.75) is 32.4 Å². The molecular formula is C23H24Cl4N6O. The number of benzene rings is 2. The summed E-state index contributed by atoms with van der Waals surface area (Å²) < 4.78 is 1.89. The lowest BCUT2D eigenvalue weighted by Crippen LogP contribution is -2.38. The molecule has 0 saturated carbocycles. The second kappa shape index (κ2) is 12.9. The Morgan fingerprint density at radius 3 is 2.47 bits per heavy atom. The Hall–Kier alpha value is -2.45. The number of hydrogen-bond acceptors (Lipinski definition) is 2. The number of urea groups is 1. The van der Waals surface area contributed by atoms with Crippen LogP contribution in [0, 0.1) is 0 Å². The number of unbranched alkanes of at least 4 members (excludes halogenated alkanes) is 1. The molecule has 0 spiro atoms. The maximum atomic E-state index is 12.5. The van der Waals surface area contributed by atoms with E-state index in [1.807, 2.05) is 23.8 Å². The van der Waals surface area contributed by atoms with E-state index in [2.05, 4.69) is 25.9 Å². The minimum absolute atomic E-state index is 0.189. The van der Waals surface area contributed by atoms with Crippen molar-refractivity contribution in [2.75, 3.05) is 11.9 Å². The van der Waals surface area contributed by atoms with Gasteiger partial charge in [0.1, 0.15) is 0 Å². The van der Waals surface area contributed by atoms with Crippen LogP contribution in [0.4, 0.5) is 10.5 Å². The van der Waals surface area contributed by atoms with Crippen LogP contribution in [0.3, 0.4) is 0 Å². The van der Waals surface area contributed by atoms with Crippen molar-refractivity contribution in [1.29, 1.82) is 0 Å². The lowest BCUT2D eigenvalue weighted by molar-refractivity contribution is 0.249. The summed E-state index contributed by atoms with van der Waals surface area (Å²) in [4.78, 5) is 20.8. The molecule has 0 aliphatic rings. The fraction of sp³-hybridized carbons (Fsp3) is 0.261. The van der Waals surface area contributed by atoms with Gasteiger partial charge in [0.15, 0.2) is 0 Å². The Morgan fingerprint density at radius 1 is 1.09 bits per heavy atom. The van der Waals surface area contributed by atoms with E-state index < -0.39 is 6.03 Å². The molecular weight excluding hydrogens is 518 g/mol. The summed E-state index contributed by atoms with van der Waals surface area (Å²) in [5.74, 6) is 0.189. The second-order valence-electron chi connectivity index (χ2n) is 7.42. The van der Waals surface area contributed by atoms with Gasteiger partial charge in [-0.1, -0.05) is 65.8 Å². The summed E-state index contributed by atoms with van der Waals surface area (Å²) in [6, 6.07) is 9.36. The molecule has 0 radical (unpaired) electrons. The maximum absolute atomic E-state index is 12.5. The molecule has 1 aromatic heterocycles. The maximum Gasteiger partial charge on any atom is 0.344 e. The molecule has 11 heteroatoms. The van der Waals surface area contributed by atoms with Gasteiger partial charge in [0, 0.05) is 40.6 Å². The molecule has 2 aromatic carbocycles. The van der Waals surface area contributed by atoms with Gasteiger partial charge in [-0.2, -0.15) is 4.99 Å². The summed E-state index contributed by atoms with van der Waals surface area (Å²) in [7, 11) is 0. The highest BCUT2D eigenvalue weighted by Gasteiger charge is 2.19. The molecule has 1 heterocycles. The average molecular weight is 542 g/mol. The van der Waals surface area contributed by atoms with Crippen molar-refractivity contribution in [2.24, 2.45) is 4.99 Å². The first-order valence-corrected chi connectivity index (χ1v) is 12.1. The van der Waals surface area contributed by atoms with Crippen LogP contribution in [0.1, 0.15) is 31.4 Å². The average Bonchev–Trinajstić information content (AvgIpc) is 3.28. The summed E-state index contributed by atoms with van der Waals surface area (Å²) in [6.45, 7) is 3.02. The highest BCUT2D eigenvalue weighted by atomic mass is 35.5. The van der Waals surface area contributed by atoms with Crippen molar-refractivity contribution >= 4 is 64.1 Å². The summed E-state index contributed by atoms with van der Waals surface area (Å²) in [5, 5.41) is 11.0. The zero-order valence-corrected chi connectivity index (χ0v) is 21.4. The quantitative estimate of drug-likeness (QED) is 0.166. The van der Waals surface area contributed by atoms with Gasteiger partial charge in [-0.3, -0.25) is 0 Å². The standard InChI is InChI=1S/C23H24Cl4N6O/c1-2-3-8-29-23(34)32-22(30-20-7-5-16(25)12-19(20)27)31-21(13-33-10-9-28-14-33)17-6-4-15(24)11-18(17)26/h4-7,9-12,14,21H,2-3,8,13H2,1H3,(H3,29,30,31,32,34). The number of guanidine groups is 1. The van der Waals surface area contributed by atoms with Gasteiger partial charge in [0.25, 0.3) is 0 Å². The molecule has 3 N–H and O–H groups in total. The number of carbonyl (C=O) groups excluding carboxylic acids is 1. The molecule has 3 rings (SSSR count). The number of carbonyl (C=O) groups is 1. The first-order valence-electron chi connectivity index (χ1n) is 10.6. The van der Waals surface area contributed by atoms with Gasteiger partial charge in [-0.25, -0.2) is 9.78 Å². The summed E-state index contributed by atoms with van der Waals surface area (Å²) >= 11 is 25.0. The van der Waals surface area contributed by atoms with Crippen LogP contribution in [0.5, 0.6) is 0 Å². The summed E-state index contributed by atoms with van der Waals surface area (Å²) in [5.41, 5.74) is 1.30. The van der Waals surface area contributed by atoms with E-state index in [0.717, 1.165) is 18.4 Å². The number of nitrogens with one attached hydrogen (secondary N) is 3. The first-order chi connectivity index (χ1) is 16.4. The van der Waals surface area contributed by atoms with E-state index in [1.54, 1.807) is 42.9 Å². The van der Waals surface area contributed by atoms with Gasteiger partial charge < -0.3 is 20.5 Å². The topological polar surface area (TPSA) is 83.3 Å². The number of hydrogen-bond donors (Lipinski definition) is 3. The van der Waals surface area contributed by atoms with E-state index >= 15 is 0 Å². The molecule has 180 valence electrons. The normalized spacial score (nSPS) is 12.3. The van der Waals surface area contributed by atoms with Gasteiger partial charge in [0.2, 0.25) is 5.96 Å². The molecule has 2 amide bonds. The molecule has 0 bridgehead atoms. The van der Waals surface area contributed by atoms with Gasteiger partial charge in [0.05, 0.1) is 23.1 Å². The van der Waals surface area contributed by atoms with E-state index in [0.29, 0.717) is 38.9 Å². The van der Waals surface area contributed by atoms with Gasteiger partial charge >= 0.3 is 6.03 Å². The fourth-order valence-electron chi connectivity index (χ4n) is 3.10. The molecule has 0 fully saturated rings. The number of anilines is 1. The highest BCUT2D eigenvalue weighted by Crippen LogP contribution is 2.29. The number of imidazole rings is 1. The minimum Gasteiger partial charge on any atom is -0.347 e. The van der Waals surface area contributed by atoms with E-state index in [9.17, 15) is 4.79 Å². The van der Waals surface area contributed by atoms with Crippen molar-refractivity contribution in [3.8, 4) is 0 Å². The molecule has 1 atom stereocenters. The number of amides is 2. The lowest BCUT2D eigenvalue weighted by atomic mass is 10.1. The minimum atomic E-state index is -0.489. The Balaban J connectivity index is 1.93. The highest BCUT2D eigenvalue weighted by molar-refractivity contribution is 6.37. The Labute approximate surface area is 218 Å². The predicted molar refractivity (Wildman–Crippen MR) is 140 cm³/mol. The third kappa shape index (κ3) is 7.81. The van der Waals surface area contributed by atoms with Crippen LogP contribution in [0.15, 0.2) is 60.1 Å². The Kier molecular flexibility index (Phi) is 9.89. The zero-order valence-electron chi connectivity index (χ0n) is 18.4. The number of aromatic nitrogens is 2. The third-order valence-corrected chi connectivity index (χ3v) is 5.92. The van der Waals surface area contributed by atoms with Crippen molar-refractivity contribution in [1.82, 2.24) is 20.2 Å². The summed E-state index contributed by atoms with van der Waals surface area (Å²) in [6.07, 6.45) is 7.01. The van der Waals surface area contributed by atoms with E-state index in [-0.39, 0.29) is 12.0 Å². The molecule has 3 aromatic rings. The number of halogens is 4. The van der Waals surface area contributed by atoms with Crippen molar-refractivity contribution in [3.05, 3.63) is 80.8 Å².